The minimum atomic E-state index is -0.412. The predicted octanol–water partition coefficient (Wildman–Crippen LogP) is 3.64. The minimum absolute atomic E-state index is 0.0286. The molecule has 0 aliphatic rings. The van der Waals surface area contributed by atoms with Crippen LogP contribution in [0.5, 0.6) is 11.5 Å². The van der Waals surface area contributed by atoms with Gasteiger partial charge >= 0.3 is 6.03 Å². The van der Waals surface area contributed by atoms with Crippen LogP contribution in [0.2, 0.25) is 0 Å². The van der Waals surface area contributed by atoms with E-state index >= 15 is 0 Å². The molecule has 2 aromatic rings. The maximum absolute atomic E-state index is 11.7. The largest absolute Gasteiger partial charge is 0.493 e. The van der Waals surface area contributed by atoms with Gasteiger partial charge in [-0.3, -0.25) is 0 Å². The van der Waals surface area contributed by atoms with Gasteiger partial charge in [0.15, 0.2) is 11.5 Å². The molecule has 0 spiro atoms. The number of nitrogens with zero attached hydrogens (tertiary/aromatic N) is 1. The first-order chi connectivity index (χ1) is 11.6. The van der Waals surface area contributed by atoms with Crippen molar-refractivity contribution in [1.29, 1.82) is 0 Å². The molecule has 0 saturated carbocycles. The molecule has 0 heterocycles. The van der Waals surface area contributed by atoms with Gasteiger partial charge < -0.3 is 14.8 Å². The Kier molecular flexibility index (Phi) is 6.19. The summed E-state index contributed by atoms with van der Waals surface area (Å²) in [6.45, 7) is 3.88. The molecule has 0 aromatic heterocycles. The highest BCUT2D eigenvalue weighted by Crippen LogP contribution is 2.28. The Morgan fingerprint density at radius 3 is 2.54 bits per heavy atom. The van der Waals surface area contributed by atoms with Crippen LogP contribution in [0.1, 0.15) is 19.4 Å². The average molecular weight is 327 g/mol. The second-order valence-corrected chi connectivity index (χ2v) is 5.27. The second kappa shape index (κ2) is 8.57. The Labute approximate surface area is 141 Å². The molecule has 0 atom stereocenters. The number of ether oxygens (including phenoxy) is 2. The zero-order valence-electron chi connectivity index (χ0n) is 13.9. The third kappa shape index (κ3) is 5.31. The molecule has 126 valence electrons. The fourth-order valence-corrected chi connectivity index (χ4v) is 1.97. The summed E-state index contributed by atoms with van der Waals surface area (Å²) >= 11 is 0. The summed E-state index contributed by atoms with van der Waals surface area (Å²) in [5.74, 6) is 1.28. The number of para-hydroxylation sites is 1. The number of benzene rings is 2. The molecule has 0 bridgehead atoms. The van der Waals surface area contributed by atoms with Crippen molar-refractivity contribution in [3.8, 4) is 11.5 Å². The van der Waals surface area contributed by atoms with Crippen molar-refractivity contribution in [3.63, 3.8) is 0 Å². The summed E-state index contributed by atoms with van der Waals surface area (Å²) in [6.07, 6.45) is 1.57. The van der Waals surface area contributed by atoms with Crippen molar-refractivity contribution < 1.29 is 14.3 Å². The lowest BCUT2D eigenvalue weighted by molar-refractivity contribution is 0.230. The zero-order chi connectivity index (χ0) is 17.4. The van der Waals surface area contributed by atoms with Crippen LogP contribution in [-0.4, -0.2) is 25.5 Å². The molecule has 2 N–H and O–H groups in total. The fraction of sp³-hybridized carbons (Fsp3) is 0.222. The number of methoxy groups -OCH3 is 1. The van der Waals surface area contributed by atoms with Crippen LogP contribution < -0.4 is 20.2 Å². The Morgan fingerprint density at radius 2 is 1.88 bits per heavy atom. The maximum atomic E-state index is 11.7. The fourth-order valence-electron chi connectivity index (χ4n) is 1.97. The van der Waals surface area contributed by atoms with E-state index in [1.54, 1.807) is 31.4 Å². The van der Waals surface area contributed by atoms with Gasteiger partial charge in [0.25, 0.3) is 0 Å². The van der Waals surface area contributed by atoms with E-state index in [2.05, 4.69) is 15.8 Å². The van der Waals surface area contributed by atoms with Crippen LogP contribution in [0.3, 0.4) is 0 Å². The molecule has 0 saturated heterocycles. The predicted molar refractivity (Wildman–Crippen MR) is 94.9 cm³/mol. The molecule has 0 unspecified atom stereocenters. The van der Waals surface area contributed by atoms with Gasteiger partial charge in [-0.25, -0.2) is 10.2 Å². The average Bonchev–Trinajstić information content (AvgIpc) is 2.55. The van der Waals surface area contributed by atoms with Crippen LogP contribution in [-0.2, 0) is 0 Å². The normalized spacial score (nSPS) is 10.7. The third-order valence-corrected chi connectivity index (χ3v) is 2.96. The standard InChI is InChI=1S/C18H21N3O3/c1-13(2)24-17-11-14(9-10-16(17)23-3)12-19-21-18(22)20-15-7-5-4-6-8-15/h4-13H,1-3H3,(H2,20,21,22)/b19-12+. The molecule has 2 aromatic carbocycles. The Hall–Kier alpha value is -3.02. The molecule has 0 aliphatic carbocycles. The first-order valence-electron chi connectivity index (χ1n) is 7.58. The van der Waals surface area contributed by atoms with Gasteiger partial charge in [0.1, 0.15) is 0 Å². The molecular weight excluding hydrogens is 306 g/mol. The SMILES string of the molecule is COc1ccc(/C=N/NC(=O)Nc2ccccc2)cc1OC(C)C. The van der Waals surface area contributed by atoms with Gasteiger partial charge in [0.05, 0.1) is 19.4 Å². The molecule has 0 radical (unpaired) electrons. The van der Waals surface area contributed by atoms with E-state index in [1.165, 1.54) is 6.21 Å². The Morgan fingerprint density at radius 1 is 1.12 bits per heavy atom. The summed E-state index contributed by atoms with van der Waals surface area (Å²) in [5, 5.41) is 6.61. The van der Waals surface area contributed by atoms with Gasteiger partial charge in [-0.05, 0) is 49.7 Å². The lowest BCUT2D eigenvalue weighted by Gasteiger charge is -2.13. The van der Waals surface area contributed by atoms with Crippen molar-refractivity contribution in [2.75, 3.05) is 12.4 Å². The molecule has 6 heteroatoms. The number of carbonyl (C=O) groups excluding carboxylic acids is 1. The summed E-state index contributed by atoms with van der Waals surface area (Å²) in [6, 6.07) is 14.2. The quantitative estimate of drug-likeness (QED) is 0.628. The number of urea groups is 1. The molecule has 2 amide bonds. The third-order valence-electron chi connectivity index (χ3n) is 2.96. The van der Waals surface area contributed by atoms with Gasteiger partial charge in [-0.15, -0.1) is 0 Å². The Bertz CT molecular complexity index is 700. The Balaban J connectivity index is 1.97. The highest BCUT2D eigenvalue weighted by atomic mass is 16.5. The topological polar surface area (TPSA) is 72.0 Å². The number of nitrogens with one attached hydrogen (secondary N) is 2. The van der Waals surface area contributed by atoms with E-state index in [1.807, 2.05) is 38.1 Å². The van der Waals surface area contributed by atoms with Gasteiger partial charge in [0.2, 0.25) is 0 Å². The smallest absolute Gasteiger partial charge is 0.339 e. The monoisotopic (exact) mass is 327 g/mol. The van der Waals surface area contributed by atoms with Crippen LogP contribution in [0.4, 0.5) is 10.5 Å². The first kappa shape index (κ1) is 17.3. The van der Waals surface area contributed by atoms with Crippen molar-refractivity contribution in [1.82, 2.24) is 5.43 Å². The zero-order valence-corrected chi connectivity index (χ0v) is 13.9. The number of anilines is 1. The van der Waals surface area contributed by atoms with E-state index in [0.717, 1.165) is 5.56 Å². The van der Waals surface area contributed by atoms with Crippen LogP contribution in [0.15, 0.2) is 53.6 Å². The molecule has 24 heavy (non-hydrogen) atoms. The van der Waals surface area contributed by atoms with E-state index < -0.39 is 6.03 Å². The van der Waals surface area contributed by atoms with Gasteiger partial charge in [-0.1, -0.05) is 18.2 Å². The lowest BCUT2D eigenvalue weighted by atomic mass is 10.2. The van der Waals surface area contributed by atoms with Crippen molar-refractivity contribution >= 4 is 17.9 Å². The van der Waals surface area contributed by atoms with Crippen LogP contribution >= 0.6 is 0 Å². The number of hydrogen-bond donors (Lipinski definition) is 2. The van der Waals surface area contributed by atoms with Crippen molar-refractivity contribution in [3.05, 3.63) is 54.1 Å². The van der Waals surface area contributed by atoms with Crippen molar-refractivity contribution in [2.45, 2.75) is 20.0 Å². The van der Waals surface area contributed by atoms with Gasteiger partial charge in [-0.2, -0.15) is 5.10 Å². The summed E-state index contributed by atoms with van der Waals surface area (Å²) < 4.78 is 11.0. The summed E-state index contributed by atoms with van der Waals surface area (Å²) in [5.41, 5.74) is 3.90. The number of rotatable bonds is 6. The first-order valence-corrected chi connectivity index (χ1v) is 7.58. The molecule has 2 rings (SSSR count). The molecular formula is C18H21N3O3. The molecule has 0 fully saturated rings. The molecule has 0 aliphatic heterocycles. The second-order valence-electron chi connectivity index (χ2n) is 5.27. The van der Waals surface area contributed by atoms with Crippen molar-refractivity contribution in [2.24, 2.45) is 5.10 Å². The minimum Gasteiger partial charge on any atom is -0.493 e. The van der Waals surface area contributed by atoms with E-state index in [-0.39, 0.29) is 6.10 Å². The van der Waals surface area contributed by atoms with Crippen LogP contribution in [0, 0.1) is 0 Å². The summed E-state index contributed by atoms with van der Waals surface area (Å²) in [4.78, 5) is 11.7. The summed E-state index contributed by atoms with van der Waals surface area (Å²) in [7, 11) is 1.59. The highest BCUT2D eigenvalue weighted by Gasteiger charge is 2.07. The van der Waals surface area contributed by atoms with E-state index in [9.17, 15) is 4.79 Å². The number of hydrazone groups is 1. The van der Waals surface area contributed by atoms with E-state index in [0.29, 0.717) is 17.2 Å². The van der Waals surface area contributed by atoms with Gasteiger partial charge in [0, 0.05) is 5.69 Å². The number of amides is 2. The number of hydrogen-bond acceptors (Lipinski definition) is 4. The number of carbonyl (C=O) groups is 1. The molecule has 6 nitrogen and oxygen atoms in total. The van der Waals surface area contributed by atoms with E-state index in [4.69, 9.17) is 9.47 Å². The lowest BCUT2D eigenvalue weighted by Crippen LogP contribution is -2.24. The van der Waals surface area contributed by atoms with Crippen LogP contribution in [0.25, 0.3) is 0 Å². The maximum Gasteiger partial charge on any atom is 0.339 e. The highest BCUT2D eigenvalue weighted by molar-refractivity contribution is 5.90.